The summed E-state index contributed by atoms with van der Waals surface area (Å²) in [7, 11) is 1.84. The first-order chi connectivity index (χ1) is 8.58. The van der Waals surface area contributed by atoms with E-state index in [1.807, 2.05) is 44.3 Å². The van der Waals surface area contributed by atoms with Gasteiger partial charge in [0.05, 0.1) is 19.3 Å². The molecule has 0 radical (unpaired) electrons. The number of ether oxygens (including phenoxy) is 1. The van der Waals surface area contributed by atoms with Crippen LogP contribution in [0.1, 0.15) is 18.1 Å². The van der Waals surface area contributed by atoms with E-state index in [1.165, 1.54) is 5.56 Å². The van der Waals surface area contributed by atoms with Gasteiger partial charge in [-0.25, -0.2) is 0 Å². The van der Waals surface area contributed by atoms with Gasteiger partial charge in [0.1, 0.15) is 0 Å². The Bertz CT molecular complexity index is 458. The van der Waals surface area contributed by atoms with Gasteiger partial charge in [-0.15, -0.1) is 0 Å². The molecule has 0 aromatic heterocycles. The number of aryl methyl sites for hydroxylation is 1. The SMILES string of the molecule is CC(=Cc1ccc(C)cc1)C(=O)N(C)C1COC1. The van der Waals surface area contributed by atoms with Crippen molar-refractivity contribution in [3.8, 4) is 0 Å². The molecule has 0 saturated carbocycles. The zero-order valence-corrected chi connectivity index (χ0v) is 11.1. The van der Waals surface area contributed by atoms with Crippen LogP contribution in [0.3, 0.4) is 0 Å². The van der Waals surface area contributed by atoms with E-state index in [0.29, 0.717) is 13.2 Å². The lowest BCUT2D eigenvalue weighted by molar-refractivity contribution is -0.137. The van der Waals surface area contributed by atoms with E-state index in [2.05, 4.69) is 6.92 Å². The largest absolute Gasteiger partial charge is 0.377 e. The third kappa shape index (κ3) is 2.79. The third-order valence-electron chi connectivity index (χ3n) is 3.29. The van der Waals surface area contributed by atoms with Crippen LogP contribution >= 0.6 is 0 Å². The minimum atomic E-state index is 0.0730. The Morgan fingerprint density at radius 2 is 1.94 bits per heavy atom. The second-order valence-electron chi connectivity index (χ2n) is 4.85. The van der Waals surface area contributed by atoms with Gasteiger partial charge in [-0.05, 0) is 25.5 Å². The number of carbonyl (C=O) groups excluding carboxylic acids is 1. The molecule has 3 heteroatoms. The molecule has 96 valence electrons. The van der Waals surface area contributed by atoms with Crippen molar-refractivity contribution >= 4 is 12.0 Å². The first kappa shape index (κ1) is 12.8. The number of hydrogen-bond acceptors (Lipinski definition) is 2. The van der Waals surface area contributed by atoms with Crippen LogP contribution in [-0.2, 0) is 9.53 Å². The van der Waals surface area contributed by atoms with Crippen molar-refractivity contribution in [2.24, 2.45) is 0 Å². The number of nitrogens with zero attached hydrogens (tertiary/aromatic N) is 1. The number of carbonyl (C=O) groups is 1. The van der Waals surface area contributed by atoms with Gasteiger partial charge in [0.15, 0.2) is 0 Å². The Morgan fingerprint density at radius 1 is 1.33 bits per heavy atom. The molecular weight excluding hydrogens is 226 g/mol. The molecule has 1 aliphatic rings. The maximum absolute atomic E-state index is 12.2. The van der Waals surface area contributed by atoms with Gasteiger partial charge in [-0.3, -0.25) is 4.79 Å². The fourth-order valence-corrected chi connectivity index (χ4v) is 1.87. The summed E-state index contributed by atoms with van der Waals surface area (Å²) in [5.74, 6) is 0.0730. The van der Waals surface area contributed by atoms with Gasteiger partial charge in [-0.1, -0.05) is 29.8 Å². The maximum Gasteiger partial charge on any atom is 0.249 e. The molecule has 0 N–H and O–H groups in total. The summed E-state index contributed by atoms with van der Waals surface area (Å²) in [4.78, 5) is 13.9. The number of rotatable bonds is 3. The highest BCUT2D eigenvalue weighted by molar-refractivity contribution is 5.97. The van der Waals surface area contributed by atoms with E-state index in [0.717, 1.165) is 11.1 Å². The van der Waals surface area contributed by atoms with E-state index in [1.54, 1.807) is 4.90 Å². The molecule has 1 aliphatic heterocycles. The lowest BCUT2D eigenvalue weighted by Crippen LogP contribution is -2.49. The van der Waals surface area contributed by atoms with Crippen LogP contribution in [0.2, 0.25) is 0 Å². The van der Waals surface area contributed by atoms with Gasteiger partial charge >= 0.3 is 0 Å². The average Bonchev–Trinajstić information content (AvgIpc) is 2.28. The Balaban J connectivity index is 2.07. The van der Waals surface area contributed by atoms with Crippen LogP contribution in [-0.4, -0.2) is 37.1 Å². The topological polar surface area (TPSA) is 29.5 Å². The molecule has 2 rings (SSSR count). The molecule has 0 spiro atoms. The van der Waals surface area contributed by atoms with Crippen LogP contribution in [0.15, 0.2) is 29.8 Å². The minimum Gasteiger partial charge on any atom is -0.377 e. The molecule has 1 fully saturated rings. The summed E-state index contributed by atoms with van der Waals surface area (Å²) in [5.41, 5.74) is 3.04. The van der Waals surface area contributed by atoms with Gasteiger partial charge < -0.3 is 9.64 Å². The van der Waals surface area contributed by atoms with Gasteiger partial charge in [0.25, 0.3) is 0 Å². The molecule has 3 nitrogen and oxygen atoms in total. The summed E-state index contributed by atoms with van der Waals surface area (Å²) < 4.78 is 5.10. The lowest BCUT2D eigenvalue weighted by atomic mass is 10.1. The maximum atomic E-state index is 12.2. The Kier molecular flexibility index (Phi) is 3.82. The van der Waals surface area contributed by atoms with Crippen LogP contribution in [0.4, 0.5) is 0 Å². The quantitative estimate of drug-likeness (QED) is 0.764. The molecule has 1 aromatic carbocycles. The number of benzene rings is 1. The van der Waals surface area contributed by atoms with Crippen molar-refractivity contribution in [2.75, 3.05) is 20.3 Å². The van der Waals surface area contributed by atoms with Gasteiger partial charge in [0, 0.05) is 12.6 Å². The van der Waals surface area contributed by atoms with Crippen molar-refractivity contribution in [1.29, 1.82) is 0 Å². The number of hydrogen-bond donors (Lipinski definition) is 0. The molecule has 0 bridgehead atoms. The van der Waals surface area contributed by atoms with E-state index < -0.39 is 0 Å². The molecule has 0 aliphatic carbocycles. The zero-order valence-electron chi connectivity index (χ0n) is 11.1. The molecule has 18 heavy (non-hydrogen) atoms. The fourth-order valence-electron chi connectivity index (χ4n) is 1.87. The molecule has 0 unspecified atom stereocenters. The highest BCUT2D eigenvalue weighted by Gasteiger charge is 2.27. The number of likely N-dealkylation sites (N-methyl/N-ethyl adjacent to an activating group) is 1. The molecule has 1 amide bonds. The smallest absolute Gasteiger partial charge is 0.249 e. The summed E-state index contributed by atoms with van der Waals surface area (Å²) in [6, 6.07) is 8.39. The number of amides is 1. The lowest BCUT2D eigenvalue weighted by Gasteiger charge is -2.34. The second-order valence-corrected chi connectivity index (χ2v) is 4.85. The minimum absolute atomic E-state index is 0.0730. The van der Waals surface area contributed by atoms with E-state index in [9.17, 15) is 4.79 Å². The monoisotopic (exact) mass is 245 g/mol. The zero-order chi connectivity index (χ0) is 13.1. The summed E-state index contributed by atoms with van der Waals surface area (Å²) in [6.45, 7) is 5.22. The average molecular weight is 245 g/mol. The predicted molar refractivity (Wildman–Crippen MR) is 72.2 cm³/mol. The highest BCUT2D eigenvalue weighted by atomic mass is 16.5. The standard InChI is InChI=1S/C15H19NO2/c1-11-4-6-13(7-5-11)8-12(2)15(17)16(3)14-9-18-10-14/h4-8,14H,9-10H2,1-3H3. The highest BCUT2D eigenvalue weighted by Crippen LogP contribution is 2.14. The normalized spacial score (nSPS) is 16.3. The van der Waals surface area contributed by atoms with Crippen LogP contribution < -0.4 is 0 Å². The molecular formula is C15H19NO2. The van der Waals surface area contributed by atoms with Crippen molar-refractivity contribution in [2.45, 2.75) is 19.9 Å². The van der Waals surface area contributed by atoms with Crippen molar-refractivity contribution in [3.63, 3.8) is 0 Å². The third-order valence-corrected chi connectivity index (χ3v) is 3.29. The van der Waals surface area contributed by atoms with Crippen molar-refractivity contribution in [3.05, 3.63) is 41.0 Å². The van der Waals surface area contributed by atoms with Crippen molar-refractivity contribution in [1.82, 2.24) is 4.90 Å². The van der Waals surface area contributed by atoms with E-state index in [4.69, 9.17) is 4.74 Å². The van der Waals surface area contributed by atoms with E-state index in [-0.39, 0.29) is 11.9 Å². The Hall–Kier alpha value is -1.61. The second kappa shape index (κ2) is 5.36. The van der Waals surface area contributed by atoms with Crippen molar-refractivity contribution < 1.29 is 9.53 Å². The summed E-state index contributed by atoms with van der Waals surface area (Å²) in [6.07, 6.45) is 1.93. The first-order valence-electron chi connectivity index (χ1n) is 6.18. The van der Waals surface area contributed by atoms with Crippen LogP contribution in [0, 0.1) is 6.92 Å². The van der Waals surface area contributed by atoms with Gasteiger partial charge in [0.2, 0.25) is 5.91 Å². The predicted octanol–water partition coefficient (Wildman–Crippen LogP) is 2.26. The molecule has 1 heterocycles. The van der Waals surface area contributed by atoms with E-state index >= 15 is 0 Å². The van der Waals surface area contributed by atoms with Crippen LogP contribution in [0.25, 0.3) is 6.08 Å². The molecule has 0 atom stereocenters. The Morgan fingerprint density at radius 3 is 2.44 bits per heavy atom. The Labute approximate surface area is 108 Å². The summed E-state index contributed by atoms with van der Waals surface area (Å²) in [5, 5.41) is 0. The molecule has 1 saturated heterocycles. The van der Waals surface area contributed by atoms with Gasteiger partial charge in [-0.2, -0.15) is 0 Å². The van der Waals surface area contributed by atoms with Crippen LogP contribution in [0.5, 0.6) is 0 Å². The summed E-state index contributed by atoms with van der Waals surface area (Å²) >= 11 is 0. The fraction of sp³-hybridized carbons (Fsp3) is 0.400. The molecule has 1 aromatic rings. The first-order valence-corrected chi connectivity index (χ1v) is 6.18.